The Bertz CT molecular complexity index is 3810. The van der Waals surface area contributed by atoms with Crippen molar-refractivity contribution in [3.05, 3.63) is 135 Å². The van der Waals surface area contributed by atoms with Gasteiger partial charge in [-0.25, -0.2) is 4.79 Å². The number of likely N-dealkylation sites (tertiary alicyclic amines) is 5. The summed E-state index contributed by atoms with van der Waals surface area (Å²) < 4.78 is 14.7. The summed E-state index contributed by atoms with van der Waals surface area (Å²) in [6.07, 6.45) is 29.4. The van der Waals surface area contributed by atoms with Crippen LogP contribution in [0.2, 0.25) is 0 Å². The van der Waals surface area contributed by atoms with E-state index in [9.17, 15) is 19.2 Å². The molecule has 0 radical (unpaired) electrons. The van der Waals surface area contributed by atoms with Gasteiger partial charge in [-0.2, -0.15) is 10.1 Å². The molecule has 8 heterocycles. The number of ether oxygens (including phenoxy) is 1. The van der Waals surface area contributed by atoms with Crippen molar-refractivity contribution in [2.24, 2.45) is 82.9 Å². The number of nitrogens with one attached hydrogen (secondary N) is 1. The zero-order valence-corrected chi connectivity index (χ0v) is 97.3. The molecule has 1 unspecified atom stereocenters. The summed E-state index contributed by atoms with van der Waals surface area (Å²) in [7, 11) is 0. The maximum Gasteiger partial charge on any atom is 0.317 e. The fraction of sp³-hybridized carbons (Fsp3) is 0.793. The van der Waals surface area contributed by atoms with Crippen LogP contribution in [-0.2, 0) is 46.4 Å². The normalized spacial score (nSPS) is 16.3. The third kappa shape index (κ3) is 60.6. The van der Waals surface area contributed by atoms with Gasteiger partial charge in [-0.15, -0.1) is 0 Å². The van der Waals surface area contributed by atoms with E-state index in [-0.39, 0.29) is 29.6 Å². The Balaban J connectivity index is 0.000000767. The summed E-state index contributed by atoms with van der Waals surface area (Å²) in [6, 6.07) is 26.4. The van der Waals surface area contributed by atoms with Gasteiger partial charge in [-0.1, -0.05) is 234 Å². The lowest BCUT2D eigenvalue weighted by Crippen LogP contribution is -2.47. The second-order valence-electron chi connectivity index (χ2n) is 48.3. The van der Waals surface area contributed by atoms with E-state index in [0.717, 1.165) is 154 Å². The molecule has 0 spiro atoms. The predicted molar refractivity (Wildman–Crippen MR) is 595 cm³/mol. The smallest absolute Gasteiger partial charge is 0.317 e. The van der Waals surface area contributed by atoms with Gasteiger partial charge in [0, 0.05) is 125 Å². The van der Waals surface area contributed by atoms with Gasteiger partial charge < -0.3 is 43.6 Å². The van der Waals surface area contributed by atoms with Gasteiger partial charge >= 0.3 is 6.03 Å². The molecule has 3 aromatic heterocycles. The minimum atomic E-state index is 0.104. The van der Waals surface area contributed by atoms with E-state index in [0.29, 0.717) is 84.0 Å². The molecule has 1 N–H and O–H groups in total. The number of hydrogen-bond donors (Lipinski definition) is 1. The van der Waals surface area contributed by atoms with Gasteiger partial charge in [0.1, 0.15) is 5.78 Å². The maximum atomic E-state index is 11.8. The summed E-state index contributed by atoms with van der Waals surface area (Å²) in [5.74, 6) is 14.4. The van der Waals surface area contributed by atoms with Crippen LogP contribution in [0.4, 0.5) is 4.79 Å². The highest BCUT2D eigenvalue weighted by molar-refractivity contribution is 5.80. The third-order valence-electron chi connectivity index (χ3n) is 26.7. The van der Waals surface area contributed by atoms with Crippen LogP contribution in [0.15, 0.2) is 88.4 Å². The van der Waals surface area contributed by atoms with Gasteiger partial charge in [0.25, 0.3) is 5.56 Å². The summed E-state index contributed by atoms with van der Waals surface area (Å²) in [6.45, 7) is 99.5. The van der Waals surface area contributed by atoms with E-state index < -0.39 is 0 Å². The quantitative estimate of drug-likeness (QED) is 0.0415. The maximum absolute atomic E-state index is 11.8. The molecule has 10 rings (SSSR count). The topological polar surface area (TPSA) is 167 Å². The molecule has 3 amide bonds. The van der Waals surface area contributed by atoms with Crippen LogP contribution in [0.5, 0.6) is 0 Å². The van der Waals surface area contributed by atoms with Gasteiger partial charge in [0.15, 0.2) is 5.82 Å². The van der Waals surface area contributed by atoms with Crippen molar-refractivity contribution in [1.82, 2.24) is 54.3 Å². The lowest BCUT2D eigenvalue weighted by molar-refractivity contribution is -0.137. The van der Waals surface area contributed by atoms with Crippen molar-refractivity contribution in [3.63, 3.8) is 0 Å². The molecule has 138 heavy (non-hydrogen) atoms. The summed E-state index contributed by atoms with van der Waals surface area (Å²) in [4.78, 5) is 62.6. The number of ketones is 1. The first-order chi connectivity index (χ1) is 64.5. The minimum Gasteiger partial charge on any atom is -0.375 e. The number of benzene rings is 2. The summed E-state index contributed by atoms with van der Waals surface area (Å²) in [5.41, 5.74) is 8.00. The van der Waals surface area contributed by atoms with Crippen molar-refractivity contribution < 1.29 is 23.6 Å². The third-order valence-corrected chi connectivity index (χ3v) is 26.7. The van der Waals surface area contributed by atoms with Gasteiger partial charge in [0.2, 0.25) is 11.8 Å². The number of aryl methyl sites for hydroxylation is 3. The molecule has 796 valence electrons. The molecule has 5 aliphatic heterocycles. The van der Waals surface area contributed by atoms with Crippen LogP contribution in [0.3, 0.4) is 0 Å². The zero-order chi connectivity index (χ0) is 105. The number of aromatic nitrogens is 5. The van der Waals surface area contributed by atoms with Crippen molar-refractivity contribution in [3.8, 4) is 0 Å². The Kier molecular flexibility index (Phi) is 67.3. The molecule has 5 aromatic rings. The molecule has 17 nitrogen and oxygen atoms in total. The van der Waals surface area contributed by atoms with Gasteiger partial charge in [-0.3, -0.25) is 19.1 Å². The van der Waals surface area contributed by atoms with E-state index >= 15 is 0 Å². The van der Waals surface area contributed by atoms with Crippen molar-refractivity contribution in [2.45, 2.75) is 478 Å². The molecule has 0 saturated carbocycles. The summed E-state index contributed by atoms with van der Waals surface area (Å²) >= 11 is 0. The summed E-state index contributed by atoms with van der Waals surface area (Å²) in [5, 5.41) is 11.3. The Labute approximate surface area is 851 Å². The van der Waals surface area contributed by atoms with E-state index in [4.69, 9.17) is 9.26 Å². The van der Waals surface area contributed by atoms with Crippen molar-refractivity contribution in [2.75, 3.05) is 65.4 Å². The second-order valence-corrected chi connectivity index (χ2v) is 48.3. The Hall–Kier alpha value is -6.01. The predicted octanol–water partition coefficient (Wildman–Crippen LogP) is 30.4. The zero-order valence-electron chi connectivity index (χ0n) is 97.3. The molecule has 5 saturated heterocycles. The first-order valence-corrected chi connectivity index (χ1v) is 56.0. The SMILES string of the molecule is CC(C)C(=O)CCc1cccc(C(C)C)c1.CC(C)CC1CCN(C(C)C)C(=O)C1.CC(C)CC1CCN(C(C)C)CC1.CC(C)CC1CCN(CC(C)C)CC1.CC(C)CCc1ccn(C(C)C)n1.CC(C)CCc1nc(C(C)C)no1.CC(C)Cc1ccc(C(C)C)cc1.CC(C)Cc1ccn(C(C)C)c(=O)c1.CC(C)NC(=O)N1CCC(C(C)C)CC1.CC(C)OC1CCN(C(C)C)CC1. The Morgan fingerprint density at radius 3 is 1.36 bits per heavy atom. The molecule has 5 fully saturated rings. The number of carbonyl (C=O) groups is 3. The highest BCUT2D eigenvalue weighted by Gasteiger charge is 2.30. The van der Waals surface area contributed by atoms with Crippen LogP contribution in [0, 0.1) is 82.9 Å². The van der Waals surface area contributed by atoms with Crippen molar-refractivity contribution in [1.29, 1.82) is 0 Å². The van der Waals surface area contributed by atoms with E-state index in [1.165, 1.54) is 151 Å². The average Bonchev–Trinajstić information content (AvgIpc) is 1.43. The molecular weight excluding hydrogens is 1700 g/mol. The van der Waals surface area contributed by atoms with Crippen LogP contribution in [-0.4, -0.2) is 169 Å². The monoisotopic (exact) mass is 1920 g/mol. The fourth-order valence-electron chi connectivity index (χ4n) is 18.3. The highest BCUT2D eigenvalue weighted by Crippen LogP contribution is 2.31. The first-order valence-electron chi connectivity index (χ1n) is 56.0. The van der Waals surface area contributed by atoms with Crippen LogP contribution >= 0.6 is 0 Å². The lowest BCUT2D eigenvalue weighted by Gasteiger charge is -2.35. The fourth-order valence-corrected chi connectivity index (χ4v) is 18.3. The largest absolute Gasteiger partial charge is 0.375 e. The van der Waals surface area contributed by atoms with Crippen molar-refractivity contribution >= 4 is 17.7 Å². The Morgan fingerprint density at radius 2 is 0.942 bits per heavy atom. The second kappa shape index (κ2) is 71.5. The van der Waals surface area contributed by atoms with E-state index in [1.807, 2.05) is 68.3 Å². The number of urea groups is 1. The molecular formula is C121H221N11O6. The van der Waals surface area contributed by atoms with E-state index in [1.54, 1.807) is 10.6 Å². The van der Waals surface area contributed by atoms with Crippen LogP contribution in [0.1, 0.15) is 455 Å². The molecule has 0 bridgehead atoms. The van der Waals surface area contributed by atoms with E-state index in [2.05, 4.69) is 331 Å². The number of rotatable bonds is 34. The molecule has 2 aromatic carbocycles. The first kappa shape index (κ1) is 130. The Morgan fingerprint density at radius 1 is 0.442 bits per heavy atom. The number of hydrogen-bond acceptors (Lipinski definition) is 12. The minimum absolute atomic E-state index is 0.104. The number of piperidine rings is 5. The van der Waals surface area contributed by atoms with Gasteiger partial charge in [-0.05, 0) is 367 Å². The lowest BCUT2D eigenvalue weighted by atomic mass is 9.87. The number of pyridine rings is 1. The number of Topliss-reactive ketones (excluding diaryl/α,β-unsaturated/α-hetero) is 1. The molecule has 0 aliphatic carbocycles. The number of nitrogens with zero attached hydrogens (tertiary/aromatic N) is 10. The molecule has 1 atom stereocenters. The molecule has 5 aliphatic rings. The number of amides is 3. The number of carbonyl (C=O) groups excluding carboxylic acids is 3. The van der Waals surface area contributed by atoms with Gasteiger partial charge in [0.05, 0.1) is 17.9 Å². The standard InChI is InChI=1S/C15H22O.C13H27N.C13H20.C12H24N2O.C12H23NO.C12H19NO.C12H25N.C11H20N2.C11H23NO.C10H18N2O/c1-11(2)14-7-5-6-13(10-14)8-9-15(16)12(3)4;1-11(2)9-13-5-7-14(8-6-13)10-12(3)4;1-10(2)9-12-5-7-13(8-6-12)11(3)4;1-9(2)11-5-7-14(8-6-11)12(15)13-10(3)4;2*1-9(2)7-11-5-6-13(10(3)4)12(14)8-11;1-10(2)9-12-5-7-13(8-6-12)11(3)4;1-9(2)5-6-11-7-8-13(12-11)10(3)4;1-9(2)12-7-5-11(6-8-12)13-10(3)4;1-7(2)5-6-9-11-10(8(3)4)12-13-9/h5-7,10-12H,8-9H2,1-4H3;11-13H,5-10H2,1-4H3;5-8,10-11H,9H2,1-4H3;9-11H,5-8H2,1-4H3,(H,13,15);9-11H,5-8H2,1-4H3;5-6,8-10H,7H2,1-4H3;10-12H,5-9H2,1-4H3;7-10H,5-6H2,1-4H3;9-11H,5-8H2,1-4H3;7-8H,5-6H2,1-4H3. The molecule has 17 heteroatoms. The average molecular weight is 1930 g/mol. The van der Waals surface area contributed by atoms with Crippen LogP contribution < -0.4 is 10.9 Å². The highest BCUT2D eigenvalue weighted by atomic mass is 16.5. The van der Waals surface area contributed by atoms with Crippen LogP contribution in [0.25, 0.3) is 0 Å².